The van der Waals surface area contributed by atoms with Crippen molar-refractivity contribution in [1.29, 1.82) is 0 Å². The van der Waals surface area contributed by atoms with Crippen LogP contribution in [0.25, 0.3) is 0 Å². The van der Waals surface area contributed by atoms with E-state index in [0.717, 1.165) is 32.1 Å². The number of benzene rings is 1. The number of nitrogens with zero attached hydrogens (tertiary/aromatic N) is 2. The number of nitro groups is 1. The van der Waals surface area contributed by atoms with Gasteiger partial charge in [-0.1, -0.05) is 13.8 Å². The number of hydrogen-bond donors (Lipinski definition) is 1. The molecule has 1 aromatic carbocycles. The van der Waals surface area contributed by atoms with E-state index in [1.165, 1.54) is 19.2 Å². The molecule has 25 heavy (non-hydrogen) atoms. The van der Waals surface area contributed by atoms with Crippen LogP contribution in [0.3, 0.4) is 0 Å². The highest BCUT2D eigenvalue weighted by Crippen LogP contribution is 2.29. The van der Waals surface area contributed by atoms with Gasteiger partial charge in [-0.05, 0) is 51.5 Å². The Morgan fingerprint density at radius 3 is 2.48 bits per heavy atom. The summed E-state index contributed by atoms with van der Waals surface area (Å²) in [6, 6.07) is 3.35. The predicted molar refractivity (Wildman–Crippen MR) is 96.5 cm³/mol. The van der Waals surface area contributed by atoms with E-state index >= 15 is 0 Å². The van der Waals surface area contributed by atoms with E-state index in [1.807, 2.05) is 0 Å². The third kappa shape index (κ3) is 6.26. The lowest BCUT2D eigenvalue weighted by molar-refractivity contribution is -0.386. The highest BCUT2D eigenvalue weighted by Gasteiger charge is 2.23. The van der Waals surface area contributed by atoms with Crippen LogP contribution in [0.5, 0.6) is 5.75 Å². The molecule has 0 fully saturated rings. The summed E-state index contributed by atoms with van der Waals surface area (Å²) in [4.78, 5) is 12.5. The number of sulfonamides is 1. The molecule has 0 aromatic heterocycles. The van der Waals surface area contributed by atoms with Gasteiger partial charge in [0, 0.05) is 12.1 Å². The number of hydrogen-bond acceptors (Lipinski definition) is 6. The minimum Gasteiger partial charge on any atom is -0.490 e. The first kappa shape index (κ1) is 21.3. The second kappa shape index (κ2) is 9.69. The molecular weight excluding hydrogens is 346 g/mol. The lowest BCUT2D eigenvalue weighted by atomic mass is 10.2. The van der Waals surface area contributed by atoms with E-state index < -0.39 is 14.9 Å². The standard InChI is InChI=1S/C16H27N3O5S/c1-5-18(6-2)11-7-8-13(3)17-25(22,23)14-9-10-16(24-4)15(12-14)19(20)21/h9-10,12-13,17H,5-8,11H2,1-4H3/t13-/m0/s1. The van der Waals surface area contributed by atoms with Crippen LogP contribution in [-0.2, 0) is 10.0 Å². The van der Waals surface area contributed by atoms with Crippen molar-refractivity contribution in [2.75, 3.05) is 26.7 Å². The molecule has 8 nitrogen and oxygen atoms in total. The molecule has 0 amide bonds. The van der Waals surface area contributed by atoms with Crippen molar-refractivity contribution in [3.8, 4) is 5.75 Å². The summed E-state index contributed by atoms with van der Waals surface area (Å²) in [7, 11) is -2.53. The molecule has 0 aliphatic rings. The van der Waals surface area contributed by atoms with Crippen LogP contribution in [-0.4, -0.2) is 51.0 Å². The van der Waals surface area contributed by atoms with Gasteiger partial charge in [0.1, 0.15) is 0 Å². The fourth-order valence-corrected chi connectivity index (χ4v) is 3.83. The van der Waals surface area contributed by atoms with Crippen molar-refractivity contribution in [1.82, 2.24) is 9.62 Å². The number of ether oxygens (including phenoxy) is 1. The second-order valence-corrected chi connectivity index (χ2v) is 7.50. The van der Waals surface area contributed by atoms with Crippen molar-refractivity contribution >= 4 is 15.7 Å². The summed E-state index contributed by atoms with van der Waals surface area (Å²) in [6.45, 7) is 8.81. The Morgan fingerprint density at radius 2 is 1.96 bits per heavy atom. The van der Waals surface area contributed by atoms with Gasteiger partial charge in [0.05, 0.1) is 16.9 Å². The van der Waals surface area contributed by atoms with Crippen molar-refractivity contribution in [2.45, 2.75) is 44.6 Å². The van der Waals surface area contributed by atoms with E-state index in [0.29, 0.717) is 6.42 Å². The van der Waals surface area contributed by atoms with E-state index in [2.05, 4.69) is 23.5 Å². The maximum Gasteiger partial charge on any atom is 0.312 e. The first-order chi connectivity index (χ1) is 11.7. The molecule has 0 spiro atoms. The molecule has 142 valence electrons. The fourth-order valence-electron chi connectivity index (χ4n) is 2.53. The molecule has 0 radical (unpaired) electrons. The van der Waals surface area contributed by atoms with Gasteiger partial charge in [-0.2, -0.15) is 0 Å². The van der Waals surface area contributed by atoms with Gasteiger partial charge >= 0.3 is 5.69 Å². The minimum atomic E-state index is -3.83. The Hall–Kier alpha value is -1.71. The zero-order valence-corrected chi connectivity index (χ0v) is 16.0. The van der Waals surface area contributed by atoms with Crippen molar-refractivity contribution in [3.05, 3.63) is 28.3 Å². The molecule has 0 aliphatic heterocycles. The van der Waals surface area contributed by atoms with Crippen molar-refractivity contribution < 1.29 is 18.1 Å². The highest BCUT2D eigenvalue weighted by molar-refractivity contribution is 7.89. The Balaban J connectivity index is 2.78. The summed E-state index contributed by atoms with van der Waals surface area (Å²) in [6.07, 6.45) is 1.56. The summed E-state index contributed by atoms with van der Waals surface area (Å²) in [5, 5.41) is 11.0. The second-order valence-electron chi connectivity index (χ2n) is 5.78. The maximum absolute atomic E-state index is 12.4. The third-order valence-electron chi connectivity index (χ3n) is 4.02. The number of rotatable bonds is 11. The Morgan fingerprint density at radius 1 is 1.32 bits per heavy atom. The molecule has 0 saturated heterocycles. The van der Waals surface area contributed by atoms with Crippen LogP contribution in [0, 0.1) is 10.1 Å². The first-order valence-electron chi connectivity index (χ1n) is 8.32. The third-order valence-corrected chi connectivity index (χ3v) is 5.61. The summed E-state index contributed by atoms with van der Waals surface area (Å²) in [5.74, 6) is 0.0243. The Labute approximate surface area is 149 Å². The summed E-state index contributed by atoms with van der Waals surface area (Å²) in [5.41, 5.74) is -0.375. The molecule has 1 N–H and O–H groups in total. The first-order valence-corrected chi connectivity index (χ1v) is 9.80. The molecule has 0 heterocycles. The number of methoxy groups -OCH3 is 1. The van der Waals surface area contributed by atoms with E-state index in [1.54, 1.807) is 6.92 Å². The van der Waals surface area contributed by atoms with Crippen LogP contribution in [0.2, 0.25) is 0 Å². The maximum atomic E-state index is 12.4. The largest absolute Gasteiger partial charge is 0.490 e. The van der Waals surface area contributed by atoms with Crippen LogP contribution in [0.1, 0.15) is 33.6 Å². The SMILES string of the molecule is CCN(CC)CCC[C@H](C)NS(=O)(=O)c1ccc(OC)c([N+](=O)[O-])c1. The van der Waals surface area contributed by atoms with Gasteiger partial charge in [0.25, 0.3) is 0 Å². The van der Waals surface area contributed by atoms with E-state index in [9.17, 15) is 18.5 Å². The van der Waals surface area contributed by atoms with Gasteiger partial charge in [-0.3, -0.25) is 10.1 Å². The smallest absolute Gasteiger partial charge is 0.312 e. The molecule has 1 atom stereocenters. The zero-order chi connectivity index (χ0) is 19.0. The lowest BCUT2D eigenvalue weighted by Crippen LogP contribution is -2.33. The average molecular weight is 373 g/mol. The fraction of sp³-hybridized carbons (Fsp3) is 0.625. The number of nitro benzene ring substituents is 1. The Bertz CT molecular complexity index is 674. The van der Waals surface area contributed by atoms with Gasteiger partial charge < -0.3 is 9.64 Å². The normalized spacial score (nSPS) is 13.0. The van der Waals surface area contributed by atoms with Crippen LogP contribution in [0.4, 0.5) is 5.69 Å². The predicted octanol–water partition coefficient (Wildman–Crippen LogP) is 2.39. The highest BCUT2D eigenvalue weighted by atomic mass is 32.2. The van der Waals surface area contributed by atoms with Gasteiger partial charge in [-0.25, -0.2) is 13.1 Å². The quantitative estimate of drug-likeness (QED) is 0.472. The molecule has 1 rings (SSSR count). The minimum absolute atomic E-state index is 0.0243. The Kier molecular flexibility index (Phi) is 8.27. The summed E-state index contributed by atoms with van der Waals surface area (Å²) < 4.78 is 32.3. The molecule has 1 aromatic rings. The van der Waals surface area contributed by atoms with Crippen LogP contribution < -0.4 is 9.46 Å². The average Bonchev–Trinajstić information content (AvgIpc) is 2.57. The van der Waals surface area contributed by atoms with E-state index in [-0.39, 0.29) is 22.4 Å². The molecule has 0 bridgehead atoms. The molecular formula is C16H27N3O5S. The van der Waals surface area contributed by atoms with Gasteiger partial charge in [0.15, 0.2) is 5.75 Å². The van der Waals surface area contributed by atoms with Crippen LogP contribution in [0.15, 0.2) is 23.1 Å². The molecule has 0 unspecified atom stereocenters. The summed E-state index contributed by atoms with van der Waals surface area (Å²) >= 11 is 0. The monoisotopic (exact) mass is 373 g/mol. The topological polar surface area (TPSA) is 102 Å². The molecule has 9 heteroatoms. The van der Waals surface area contributed by atoms with E-state index in [4.69, 9.17) is 4.74 Å². The van der Waals surface area contributed by atoms with Crippen molar-refractivity contribution in [2.24, 2.45) is 0 Å². The van der Waals surface area contributed by atoms with Crippen molar-refractivity contribution in [3.63, 3.8) is 0 Å². The van der Waals surface area contributed by atoms with Gasteiger partial charge in [0.2, 0.25) is 10.0 Å². The molecule has 0 saturated carbocycles. The molecule has 0 aliphatic carbocycles. The lowest BCUT2D eigenvalue weighted by Gasteiger charge is -2.19. The van der Waals surface area contributed by atoms with Crippen LogP contribution >= 0.6 is 0 Å². The van der Waals surface area contributed by atoms with Gasteiger partial charge in [-0.15, -0.1) is 0 Å². The zero-order valence-electron chi connectivity index (χ0n) is 15.2. The number of nitrogens with one attached hydrogen (secondary N) is 1.